The summed E-state index contributed by atoms with van der Waals surface area (Å²) in [6.07, 6.45) is 0. The maximum Gasteiger partial charge on any atom is 0.259 e. The zero-order valence-corrected chi connectivity index (χ0v) is 19.8. The largest absolute Gasteiger partial charge is 0.360 e. The second kappa shape index (κ2) is 8.22. The van der Waals surface area contributed by atoms with Gasteiger partial charge in [-0.25, -0.2) is 4.98 Å². The number of aromatic nitrogens is 2. The number of hydrogen-bond donors (Lipinski definition) is 0. The van der Waals surface area contributed by atoms with E-state index in [1.165, 1.54) is 15.8 Å². The van der Waals surface area contributed by atoms with Crippen LogP contribution >= 0.6 is 22.9 Å². The SMILES string of the molecule is Cc1cc(C)c2nc(N3CCN(C(=O)c4c(-c5ccccc5Cl)noc4C)CC3)sc2c1. The molecule has 0 spiro atoms. The summed E-state index contributed by atoms with van der Waals surface area (Å²) in [5, 5.41) is 5.69. The molecule has 0 atom stereocenters. The molecule has 32 heavy (non-hydrogen) atoms. The molecule has 0 N–H and O–H groups in total. The smallest absolute Gasteiger partial charge is 0.259 e. The van der Waals surface area contributed by atoms with Crippen LogP contribution in [0, 0.1) is 20.8 Å². The van der Waals surface area contributed by atoms with Gasteiger partial charge in [-0.15, -0.1) is 0 Å². The van der Waals surface area contributed by atoms with Crippen LogP contribution in [0.2, 0.25) is 5.02 Å². The molecule has 3 heterocycles. The number of rotatable bonds is 3. The van der Waals surface area contributed by atoms with Crippen LogP contribution in [-0.2, 0) is 0 Å². The quantitative estimate of drug-likeness (QED) is 0.399. The summed E-state index contributed by atoms with van der Waals surface area (Å²) in [6, 6.07) is 11.7. The molecule has 164 valence electrons. The Morgan fingerprint density at radius 1 is 1.09 bits per heavy atom. The number of thiazole rings is 1. The minimum Gasteiger partial charge on any atom is -0.360 e. The van der Waals surface area contributed by atoms with E-state index in [9.17, 15) is 4.79 Å². The molecule has 1 amide bonds. The first-order chi connectivity index (χ1) is 15.4. The van der Waals surface area contributed by atoms with E-state index in [1.54, 1.807) is 24.3 Å². The van der Waals surface area contributed by atoms with Gasteiger partial charge in [0.05, 0.1) is 15.2 Å². The molecular formula is C24H23ClN4O2S. The summed E-state index contributed by atoms with van der Waals surface area (Å²) in [5.74, 6) is 0.429. The van der Waals surface area contributed by atoms with Crippen LogP contribution in [0.15, 0.2) is 40.9 Å². The van der Waals surface area contributed by atoms with Crippen molar-refractivity contribution in [1.82, 2.24) is 15.0 Å². The van der Waals surface area contributed by atoms with Crippen LogP contribution in [0.1, 0.15) is 27.2 Å². The first kappa shape index (κ1) is 21.0. The highest BCUT2D eigenvalue weighted by Gasteiger charge is 2.30. The van der Waals surface area contributed by atoms with Crippen LogP contribution in [0.4, 0.5) is 5.13 Å². The van der Waals surface area contributed by atoms with Crippen LogP contribution in [0.5, 0.6) is 0 Å². The molecule has 6 nitrogen and oxygen atoms in total. The molecule has 1 saturated heterocycles. The number of carbonyl (C=O) groups is 1. The number of benzene rings is 2. The molecule has 5 rings (SSSR count). The number of amides is 1. The van der Waals surface area contributed by atoms with Crippen LogP contribution < -0.4 is 4.90 Å². The summed E-state index contributed by atoms with van der Waals surface area (Å²) in [6.45, 7) is 8.67. The predicted molar refractivity (Wildman–Crippen MR) is 129 cm³/mol. The zero-order chi connectivity index (χ0) is 22.4. The van der Waals surface area contributed by atoms with E-state index in [1.807, 2.05) is 23.1 Å². The fourth-order valence-corrected chi connectivity index (χ4v) is 5.63. The van der Waals surface area contributed by atoms with Gasteiger partial charge < -0.3 is 14.3 Å². The van der Waals surface area contributed by atoms with Crippen LogP contribution in [-0.4, -0.2) is 47.1 Å². The molecule has 4 aromatic rings. The van der Waals surface area contributed by atoms with Gasteiger partial charge in [-0.05, 0) is 44.0 Å². The van der Waals surface area contributed by atoms with Crippen molar-refractivity contribution in [2.75, 3.05) is 31.1 Å². The molecule has 8 heteroatoms. The van der Waals surface area contributed by atoms with E-state index in [4.69, 9.17) is 21.1 Å². The molecule has 0 aliphatic carbocycles. The van der Waals surface area contributed by atoms with Crippen molar-refractivity contribution in [3.05, 3.63) is 63.9 Å². The Morgan fingerprint density at radius 3 is 2.59 bits per heavy atom. The molecule has 1 aliphatic rings. The molecular weight excluding hydrogens is 444 g/mol. The lowest BCUT2D eigenvalue weighted by atomic mass is 10.0. The first-order valence-corrected chi connectivity index (χ1v) is 11.7. The molecule has 2 aromatic heterocycles. The summed E-state index contributed by atoms with van der Waals surface area (Å²) >= 11 is 8.07. The summed E-state index contributed by atoms with van der Waals surface area (Å²) in [7, 11) is 0. The van der Waals surface area contributed by atoms with Gasteiger partial charge >= 0.3 is 0 Å². The van der Waals surface area contributed by atoms with Crippen molar-refractivity contribution in [2.45, 2.75) is 20.8 Å². The molecule has 1 aliphatic heterocycles. The normalized spacial score (nSPS) is 14.4. The number of fused-ring (bicyclic) bond motifs is 1. The van der Waals surface area contributed by atoms with E-state index in [0.29, 0.717) is 40.7 Å². The topological polar surface area (TPSA) is 62.5 Å². The molecule has 1 fully saturated rings. The molecule has 0 radical (unpaired) electrons. The van der Waals surface area contributed by atoms with Crippen molar-refractivity contribution >= 4 is 44.2 Å². The van der Waals surface area contributed by atoms with Crippen LogP contribution in [0.3, 0.4) is 0 Å². The van der Waals surface area contributed by atoms with Crippen molar-refractivity contribution in [1.29, 1.82) is 0 Å². The highest BCUT2D eigenvalue weighted by molar-refractivity contribution is 7.22. The Labute approximate surface area is 195 Å². The lowest BCUT2D eigenvalue weighted by Crippen LogP contribution is -2.49. The number of nitrogens with zero attached hydrogens (tertiary/aromatic N) is 4. The highest BCUT2D eigenvalue weighted by atomic mass is 35.5. The summed E-state index contributed by atoms with van der Waals surface area (Å²) < 4.78 is 6.60. The number of halogens is 1. The van der Waals surface area contributed by atoms with E-state index in [-0.39, 0.29) is 5.91 Å². The third kappa shape index (κ3) is 3.65. The van der Waals surface area contributed by atoms with E-state index in [0.717, 1.165) is 23.7 Å². The zero-order valence-electron chi connectivity index (χ0n) is 18.2. The summed E-state index contributed by atoms with van der Waals surface area (Å²) in [4.78, 5) is 22.4. The second-order valence-electron chi connectivity index (χ2n) is 8.15. The molecule has 0 unspecified atom stereocenters. The van der Waals surface area contributed by atoms with Gasteiger partial charge in [-0.3, -0.25) is 4.79 Å². The second-order valence-corrected chi connectivity index (χ2v) is 9.56. The van der Waals surface area contributed by atoms with Gasteiger partial charge in [0.1, 0.15) is 17.0 Å². The Kier molecular flexibility index (Phi) is 5.39. The maximum absolute atomic E-state index is 13.4. The number of hydrogen-bond acceptors (Lipinski definition) is 6. The van der Waals surface area contributed by atoms with Gasteiger partial charge in [0.15, 0.2) is 5.13 Å². The number of aryl methyl sites for hydroxylation is 3. The first-order valence-electron chi connectivity index (χ1n) is 10.6. The predicted octanol–water partition coefficient (Wildman–Crippen LogP) is 5.49. The number of piperazine rings is 1. The fourth-order valence-electron chi connectivity index (χ4n) is 4.21. The minimum absolute atomic E-state index is 0.0749. The highest BCUT2D eigenvalue weighted by Crippen LogP contribution is 2.34. The Morgan fingerprint density at radius 2 is 1.84 bits per heavy atom. The van der Waals surface area contributed by atoms with E-state index >= 15 is 0 Å². The van der Waals surface area contributed by atoms with Crippen LogP contribution in [0.25, 0.3) is 21.5 Å². The lowest BCUT2D eigenvalue weighted by molar-refractivity contribution is 0.0745. The number of anilines is 1. The lowest BCUT2D eigenvalue weighted by Gasteiger charge is -2.34. The molecule has 0 bridgehead atoms. The van der Waals surface area contributed by atoms with Gasteiger partial charge in [0, 0.05) is 31.7 Å². The Hall–Kier alpha value is -2.90. The van der Waals surface area contributed by atoms with Gasteiger partial charge in [0.2, 0.25) is 0 Å². The van der Waals surface area contributed by atoms with Gasteiger partial charge in [-0.2, -0.15) is 0 Å². The Balaban J connectivity index is 1.35. The summed E-state index contributed by atoms with van der Waals surface area (Å²) in [5.41, 5.74) is 5.20. The van der Waals surface area contributed by atoms with E-state index < -0.39 is 0 Å². The van der Waals surface area contributed by atoms with Crippen molar-refractivity contribution in [3.63, 3.8) is 0 Å². The third-order valence-electron chi connectivity index (χ3n) is 5.86. The Bertz CT molecular complexity index is 1320. The third-order valence-corrected chi connectivity index (χ3v) is 7.25. The average Bonchev–Trinajstić information content (AvgIpc) is 3.37. The number of carbonyl (C=O) groups excluding carboxylic acids is 1. The maximum atomic E-state index is 13.4. The fraction of sp³-hybridized carbons (Fsp3) is 0.292. The van der Waals surface area contributed by atoms with Gasteiger partial charge in [0.25, 0.3) is 5.91 Å². The van der Waals surface area contributed by atoms with Gasteiger partial charge in [-0.1, -0.05) is 52.4 Å². The van der Waals surface area contributed by atoms with Crippen molar-refractivity contribution in [2.24, 2.45) is 0 Å². The standard InChI is InChI=1S/C24H23ClN4O2S/c1-14-12-15(2)21-19(13-14)32-24(26-21)29-10-8-28(9-11-29)23(30)20-16(3)31-27-22(20)17-6-4-5-7-18(17)25/h4-7,12-13H,8-11H2,1-3H3. The molecule has 0 saturated carbocycles. The average molecular weight is 467 g/mol. The van der Waals surface area contributed by atoms with Crippen molar-refractivity contribution < 1.29 is 9.32 Å². The molecule has 2 aromatic carbocycles. The monoisotopic (exact) mass is 466 g/mol. The van der Waals surface area contributed by atoms with E-state index in [2.05, 4.69) is 36.0 Å². The van der Waals surface area contributed by atoms with Crippen molar-refractivity contribution in [3.8, 4) is 11.3 Å². The minimum atomic E-state index is -0.0749.